The molecule has 0 heterocycles. The molecule has 0 radical (unpaired) electrons. The number of carbonyl (C=O) groups is 2. The lowest BCUT2D eigenvalue weighted by Gasteiger charge is -2.26. The molecule has 2 rings (SSSR count). The minimum Gasteiger partial charge on any atom is -0.481 e. The maximum Gasteiger partial charge on any atom is 0.392 e. The van der Waals surface area contributed by atoms with Gasteiger partial charge in [0.2, 0.25) is 5.91 Å². The molecule has 4 nitrogen and oxygen atoms in total. The van der Waals surface area contributed by atoms with Crippen LogP contribution in [0, 0.1) is 11.3 Å². The molecule has 0 aliphatic carbocycles. The lowest BCUT2D eigenvalue weighted by atomic mass is 9.81. The van der Waals surface area contributed by atoms with E-state index < -0.39 is 35.3 Å². The van der Waals surface area contributed by atoms with Gasteiger partial charge < -0.3 is 10.4 Å². The monoisotopic (exact) mass is 489 g/mol. The lowest BCUT2D eigenvalue weighted by Crippen LogP contribution is -2.34. The van der Waals surface area contributed by atoms with E-state index in [0.29, 0.717) is 17.0 Å². The van der Waals surface area contributed by atoms with Crippen LogP contribution in [-0.2, 0) is 16.0 Å². The first kappa shape index (κ1) is 26.0. The largest absolute Gasteiger partial charge is 0.481 e. The van der Waals surface area contributed by atoms with Gasteiger partial charge in [-0.15, -0.1) is 0 Å². The van der Waals surface area contributed by atoms with Crippen molar-refractivity contribution in [3.63, 3.8) is 0 Å². The van der Waals surface area contributed by atoms with Crippen molar-refractivity contribution in [1.82, 2.24) is 0 Å². The van der Waals surface area contributed by atoms with Crippen LogP contribution in [0.5, 0.6) is 0 Å². The Morgan fingerprint density at radius 3 is 2.19 bits per heavy atom. The van der Waals surface area contributed by atoms with E-state index in [4.69, 9.17) is 23.2 Å². The quantitative estimate of drug-likeness (QED) is 0.421. The van der Waals surface area contributed by atoms with E-state index in [0.717, 1.165) is 6.92 Å². The normalized spacial score (nSPS) is 15.5. The molecule has 0 saturated heterocycles. The average Bonchev–Trinajstić information content (AvgIpc) is 2.71. The Balaban J connectivity index is 2.38. The molecule has 2 aromatic rings. The smallest absolute Gasteiger partial charge is 0.392 e. The van der Waals surface area contributed by atoms with Crippen molar-refractivity contribution in [2.24, 2.45) is 11.3 Å². The van der Waals surface area contributed by atoms with E-state index in [2.05, 4.69) is 5.32 Å². The van der Waals surface area contributed by atoms with Gasteiger partial charge in [-0.3, -0.25) is 9.59 Å². The summed E-state index contributed by atoms with van der Waals surface area (Å²) in [6.45, 7) is 4.29. The summed E-state index contributed by atoms with van der Waals surface area (Å²) in [6, 6.07) is 10.2. The fourth-order valence-corrected chi connectivity index (χ4v) is 3.61. The SMILES string of the molecule is CC[C@@](C)(Cc1ccc(Cl)c(NC(=O)[C@H](c2ccc(Cl)cc2)[C@@H](C)C(F)(F)F)c1)C(=O)O. The Hall–Kier alpha value is -2.25. The molecule has 0 aliphatic heterocycles. The first-order valence-electron chi connectivity index (χ1n) is 9.93. The second kappa shape index (κ2) is 10.1. The van der Waals surface area contributed by atoms with Crippen molar-refractivity contribution < 1.29 is 27.9 Å². The lowest BCUT2D eigenvalue weighted by molar-refractivity contribution is -0.178. The minimum absolute atomic E-state index is 0.117. The minimum atomic E-state index is -4.61. The third-order valence-electron chi connectivity index (χ3n) is 5.71. The zero-order valence-electron chi connectivity index (χ0n) is 17.8. The molecule has 174 valence electrons. The predicted octanol–water partition coefficient (Wildman–Crippen LogP) is 6.96. The number of carboxylic acid groups (broad SMARTS) is 1. The molecular weight excluding hydrogens is 466 g/mol. The molecule has 3 atom stereocenters. The standard InChI is InChI=1S/C23H24Cl2F3NO3/c1-4-22(3,21(31)32)12-14-5-10-17(25)18(11-14)29-20(30)19(13(2)23(26,27)28)15-6-8-16(24)9-7-15/h5-11,13,19H,4,12H2,1-3H3,(H,29,30)(H,31,32)/t13-,19+,22+/m1/s1. The molecule has 32 heavy (non-hydrogen) atoms. The molecule has 0 aliphatic rings. The number of nitrogens with one attached hydrogen (secondary N) is 1. The Bertz CT molecular complexity index is 979. The molecule has 0 aromatic heterocycles. The van der Waals surface area contributed by atoms with Crippen molar-refractivity contribution in [1.29, 1.82) is 0 Å². The van der Waals surface area contributed by atoms with Crippen molar-refractivity contribution in [3.05, 3.63) is 63.6 Å². The van der Waals surface area contributed by atoms with Crippen LogP contribution in [0.25, 0.3) is 0 Å². The van der Waals surface area contributed by atoms with Crippen molar-refractivity contribution in [2.45, 2.75) is 45.7 Å². The van der Waals surface area contributed by atoms with Gasteiger partial charge in [0.05, 0.1) is 28.0 Å². The number of benzene rings is 2. The van der Waals surface area contributed by atoms with Crippen LogP contribution >= 0.6 is 23.2 Å². The number of rotatable bonds is 8. The van der Waals surface area contributed by atoms with Crippen LogP contribution < -0.4 is 5.32 Å². The van der Waals surface area contributed by atoms with Crippen molar-refractivity contribution in [3.8, 4) is 0 Å². The number of amides is 1. The maximum atomic E-state index is 13.5. The number of hydrogen-bond donors (Lipinski definition) is 2. The molecule has 0 fully saturated rings. The highest BCUT2D eigenvalue weighted by atomic mass is 35.5. The van der Waals surface area contributed by atoms with Crippen LogP contribution in [0.4, 0.5) is 18.9 Å². The van der Waals surface area contributed by atoms with Gasteiger partial charge in [-0.1, -0.05) is 55.2 Å². The average molecular weight is 490 g/mol. The number of aliphatic carboxylic acids is 1. The summed E-state index contributed by atoms with van der Waals surface area (Å²) in [4.78, 5) is 24.6. The second-order valence-electron chi connectivity index (χ2n) is 8.06. The highest BCUT2D eigenvalue weighted by Gasteiger charge is 2.45. The Morgan fingerprint density at radius 2 is 1.69 bits per heavy atom. The van der Waals surface area contributed by atoms with Crippen LogP contribution in [0.3, 0.4) is 0 Å². The van der Waals surface area contributed by atoms with Crippen molar-refractivity contribution in [2.75, 3.05) is 5.32 Å². The molecule has 0 saturated carbocycles. The third kappa shape index (κ3) is 6.17. The van der Waals surface area contributed by atoms with Gasteiger partial charge in [0.25, 0.3) is 0 Å². The van der Waals surface area contributed by atoms with Gasteiger partial charge in [-0.2, -0.15) is 13.2 Å². The third-order valence-corrected chi connectivity index (χ3v) is 6.29. The molecule has 2 aromatic carbocycles. The Labute approximate surface area is 194 Å². The van der Waals surface area contributed by atoms with E-state index in [1.807, 2.05) is 0 Å². The summed E-state index contributed by atoms with van der Waals surface area (Å²) in [5.41, 5.74) is -0.172. The van der Waals surface area contributed by atoms with Gasteiger partial charge in [-0.05, 0) is 55.2 Å². The van der Waals surface area contributed by atoms with Gasteiger partial charge in [-0.25, -0.2) is 0 Å². The zero-order valence-corrected chi connectivity index (χ0v) is 19.3. The molecule has 0 bridgehead atoms. The van der Waals surface area contributed by atoms with Crippen molar-refractivity contribution >= 4 is 40.8 Å². The highest BCUT2D eigenvalue weighted by molar-refractivity contribution is 6.33. The highest BCUT2D eigenvalue weighted by Crippen LogP contribution is 2.39. The summed E-state index contributed by atoms with van der Waals surface area (Å²) in [7, 11) is 0. The van der Waals surface area contributed by atoms with Crippen LogP contribution in [-0.4, -0.2) is 23.2 Å². The number of carboxylic acids is 1. The predicted molar refractivity (Wildman–Crippen MR) is 119 cm³/mol. The number of halogens is 5. The fourth-order valence-electron chi connectivity index (χ4n) is 3.32. The zero-order chi connectivity index (χ0) is 24.3. The topological polar surface area (TPSA) is 66.4 Å². The van der Waals surface area contributed by atoms with Gasteiger partial charge in [0.1, 0.15) is 0 Å². The maximum absolute atomic E-state index is 13.5. The van der Waals surface area contributed by atoms with E-state index in [9.17, 15) is 27.9 Å². The molecular formula is C23H24Cl2F3NO3. The summed E-state index contributed by atoms with van der Waals surface area (Å²) in [6.07, 6.45) is -4.08. The molecule has 2 N–H and O–H groups in total. The Kier molecular flexibility index (Phi) is 8.23. The number of anilines is 1. The number of carbonyl (C=O) groups excluding carboxylic acids is 1. The van der Waals surface area contributed by atoms with Gasteiger partial charge in [0, 0.05) is 5.02 Å². The van der Waals surface area contributed by atoms with Crippen LogP contribution in [0.15, 0.2) is 42.5 Å². The number of alkyl halides is 3. The number of hydrogen-bond acceptors (Lipinski definition) is 2. The first-order chi connectivity index (χ1) is 14.8. The van der Waals surface area contributed by atoms with E-state index in [1.54, 1.807) is 19.9 Å². The fraction of sp³-hybridized carbons (Fsp3) is 0.391. The Morgan fingerprint density at radius 1 is 1.09 bits per heavy atom. The van der Waals surface area contributed by atoms with Crippen LogP contribution in [0.1, 0.15) is 44.2 Å². The molecule has 1 amide bonds. The van der Waals surface area contributed by atoms with Gasteiger partial charge >= 0.3 is 12.1 Å². The molecule has 9 heteroatoms. The van der Waals surface area contributed by atoms with E-state index >= 15 is 0 Å². The summed E-state index contributed by atoms with van der Waals surface area (Å²) < 4.78 is 40.6. The molecule has 0 unspecified atom stereocenters. The summed E-state index contributed by atoms with van der Waals surface area (Å²) in [5.74, 6) is -5.36. The second-order valence-corrected chi connectivity index (χ2v) is 8.90. The van der Waals surface area contributed by atoms with E-state index in [-0.39, 0.29) is 22.7 Å². The molecule has 0 spiro atoms. The van der Waals surface area contributed by atoms with E-state index in [1.165, 1.54) is 36.4 Å². The van der Waals surface area contributed by atoms with Crippen LogP contribution in [0.2, 0.25) is 10.0 Å². The first-order valence-corrected chi connectivity index (χ1v) is 10.7. The van der Waals surface area contributed by atoms with Gasteiger partial charge in [0.15, 0.2) is 0 Å². The summed E-state index contributed by atoms with van der Waals surface area (Å²) >= 11 is 12.0. The summed E-state index contributed by atoms with van der Waals surface area (Å²) in [5, 5.41) is 12.5.